The largest absolute Gasteiger partial charge is 0.493 e. The van der Waals surface area contributed by atoms with Crippen LogP contribution < -0.4 is 19.6 Å². The van der Waals surface area contributed by atoms with Gasteiger partial charge in [0.1, 0.15) is 0 Å². The molecule has 2 rings (SSSR count). The van der Waals surface area contributed by atoms with Crippen LogP contribution in [0, 0.1) is 0 Å². The highest BCUT2D eigenvalue weighted by atomic mass is 16.5. The Morgan fingerprint density at radius 3 is 2.04 bits per heavy atom. The number of benzene rings is 2. The van der Waals surface area contributed by atoms with E-state index in [4.69, 9.17) is 14.2 Å². The van der Waals surface area contributed by atoms with Crippen molar-refractivity contribution in [3.8, 4) is 17.2 Å². The average Bonchev–Trinajstić information content (AvgIpc) is 2.71. The number of rotatable bonds is 8. The van der Waals surface area contributed by atoms with E-state index in [0.29, 0.717) is 22.8 Å². The van der Waals surface area contributed by atoms with Gasteiger partial charge in [-0.25, -0.2) is 5.43 Å². The summed E-state index contributed by atoms with van der Waals surface area (Å²) in [4.78, 5) is 12.5. The Bertz CT molecular complexity index is 788. The van der Waals surface area contributed by atoms with Crippen molar-refractivity contribution >= 4 is 11.6 Å². The van der Waals surface area contributed by atoms with Gasteiger partial charge in [0.2, 0.25) is 5.75 Å². The van der Waals surface area contributed by atoms with E-state index in [9.17, 15) is 4.79 Å². The first-order valence-electron chi connectivity index (χ1n) is 8.78. The monoisotopic (exact) mass is 370 g/mol. The van der Waals surface area contributed by atoms with Crippen molar-refractivity contribution in [3.63, 3.8) is 0 Å². The van der Waals surface area contributed by atoms with E-state index in [1.165, 1.54) is 26.9 Å². The zero-order valence-corrected chi connectivity index (χ0v) is 16.5. The van der Waals surface area contributed by atoms with Gasteiger partial charge in [-0.1, -0.05) is 37.6 Å². The molecule has 1 N–H and O–H groups in total. The first-order valence-corrected chi connectivity index (χ1v) is 8.78. The minimum Gasteiger partial charge on any atom is -0.493 e. The zero-order chi connectivity index (χ0) is 19.8. The highest BCUT2D eigenvalue weighted by molar-refractivity contribution is 6.01. The number of nitrogens with zero attached hydrogens (tertiary/aromatic N) is 1. The van der Waals surface area contributed by atoms with E-state index in [1.807, 2.05) is 19.1 Å². The second-order valence-electron chi connectivity index (χ2n) is 6.00. The lowest BCUT2D eigenvalue weighted by Crippen LogP contribution is -2.19. The first-order chi connectivity index (χ1) is 13.0. The lowest BCUT2D eigenvalue weighted by atomic mass is 10.1. The van der Waals surface area contributed by atoms with Gasteiger partial charge in [-0.05, 0) is 36.6 Å². The van der Waals surface area contributed by atoms with E-state index in [-0.39, 0.29) is 5.91 Å². The molecule has 0 heterocycles. The van der Waals surface area contributed by atoms with Gasteiger partial charge >= 0.3 is 0 Å². The molecule has 0 aliphatic rings. The molecule has 0 saturated carbocycles. The van der Waals surface area contributed by atoms with E-state index in [1.54, 1.807) is 12.1 Å². The molecule has 0 radical (unpaired) electrons. The smallest absolute Gasteiger partial charge is 0.271 e. The fraction of sp³-hybridized carbons (Fsp3) is 0.333. The molecule has 6 heteroatoms. The Kier molecular flexibility index (Phi) is 7.23. The quantitative estimate of drug-likeness (QED) is 0.566. The summed E-state index contributed by atoms with van der Waals surface area (Å²) in [6.45, 7) is 4.00. The normalized spacial score (nSPS) is 11.1. The van der Waals surface area contributed by atoms with Crippen LogP contribution in [0.4, 0.5) is 0 Å². The van der Waals surface area contributed by atoms with Crippen molar-refractivity contribution in [2.45, 2.75) is 26.7 Å². The Labute approximate surface area is 160 Å². The molecule has 0 aliphatic heterocycles. The van der Waals surface area contributed by atoms with Crippen LogP contribution in [0.5, 0.6) is 17.2 Å². The maximum Gasteiger partial charge on any atom is 0.271 e. The molecule has 0 unspecified atom stereocenters. The second kappa shape index (κ2) is 9.62. The Hall–Kier alpha value is -3.02. The topological polar surface area (TPSA) is 69.2 Å². The van der Waals surface area contributed by atoms with Crippen LogP contribution in [0.15, 0.2) is 41.5 Å². The van der Waals surface area contributed by atoms with E-state index in [0.717, 1.165) is 24.1 Å². The van der Waals surface area contributed by atoms with E-state index in [2.05, 4.69) is 29.6 Å². The van der Waals surface area contributed by atoms with Crippen LogP contribution in [0.25, 0.3) is 0 Å². The highest BCUT2D eigenvalue weighted by Gasteiger charge is 2.16. The molecule has 27 heavy (non-hydrogen) atoms. The number of amides is 1. The van der Waals surface area contributed by atoms with Crippen molar-refractivity contribution < 1.29 is 19.0 Å². The maximum atomic E-state index is 12.5. The van der Waals surface area contributed by atoms with E-state index >= 15 is 0 Å². The number of hydrazone groups is 1. The summed E-state index contributed by atoms with van der Waals surface area (Å²) in [7, 11) is 4.52. The summed E-state index contributed by atoms with van der Waals surface area (Å²) in [5.74, 6) is 0.892. The number of hydrogen-bond acceptors (Lipinski definition) is 5. The lowest BCUT2D eigenvalue weighted by molar-refractivity contribution is 0.0954. The van der Waals surface area contributed by atoms with E-state index < -0.39 is 0 Å². The number of carbonyl (C=O) groups excluding carboxylic acids is 1. The molecule has 6 nitrogen and oxygen atoms in total. The average molecular weight is 370 g/mol. The fourth-order valence-corrected chi connectivity index (χ4v) is 2.68. The molecular formula is C21H26N2O4. The second-order valence-corrected chi connectivity index (χ2v) is 6.00. The summed E-state index contributed by atoms with van der Waals surface area (Å²) in [5.41, 5.74) is 5.90. The molecule has 0 saturated heterocycles. The number of ether oxygens (including phenoxy) is 3. The molecule has 144 valence electrons. The summed E-state index contributed by atoms with van der Waals surface area (Å²) < 4.78 is 15.8. The summed E-state index contributed by atoms with van der Waals surface area (Å²) in [5, 5.41) is 4.20. The van der Waals surface area contributed by atoms with Crippen LogP contribution in [0.1, 0.15) is 41.8 Å². The number of nitrogens with one attached hydrogen (secondary N) is 1. The van der Waals surface area contributed by atoms with Crippen molar-refractivity contribution in [2.24, 2.45) is 5.10 Å². The Morgan fingerprint density at radius 2 is 1.56 bits per heavy atom. The number of hydrogen-bond donors (Lipinski definition) is 1. The lowest BCUT2D eigenvalue weighted by Gasteiger charge is -2.13. The molecule has 2 aromatic carbocycles. The minimum atomic E-state index is -0.365. The Balaban J connectivity index is 2.17. The summed E-state index contributed by atoms with van der Waals surface area (Å²) in [6.07, 6.45) is 2.16. The predicted molar refractivity (Wildman–Crippen MR) is 106 cm³/mol. The van der Waals surface area contributed by atoms with Gasteiger partial charge in [0, 0.05) is 5.56 Å². The third kappa shape index (κ3) is 5.00. The number of carbonyl (C=O) groups is 1. The summed E-state index contributed by atoms with van der Waals surface area (Å²) in [6, 6.07) is 11.4. The van der Waals surface area contributed by atoms with Crippen molar-refractivity contribution in [3.05, 3.63) is 53.1 Å². The molecule has 0 aliphatic carbocycles. The molecular weight excluding hydrogens is 344 g/mol. The molecule has 1 amide bonds. The van der Waals surface area contributed by atoms with Crippen LogP contribution in [-0.2, 0) is 6.42 Å². The third-order valence-electron chi connectivity index (χ3n) is 4.16. The van der Waals surface area contributed by atoms with Gasteiger partial charge in [-0.15, -0.1) is 0 Å². The standard InChI is InChI=1S/C21H26N2O4/c1-6-7-15-8-10-16(11-9-15)14(2)22-23-21(24)17-12-18(25-3)20(27-5)19(13-17)26-4/h8-13H,6-7H2,1-5H3,(H,23,24)/b22-14+. The molecule has 2 aromatic rings. The third-order valence-corrected chi connectivity index (χ3v) is 4.16. The van der Waals surface area contributed by atoms with Crippen LogP contribution in [-0.4, -0.2) is 32.9 Å². The molecule has 0 aromatic heterocycles. The van der Waals surface area contributed by atoms with Crippen LogP contribution in [0.3, 0.4) is 0 Å². The molecule has 0 atom stereocenters. The van der Waals surface area contributed by atoms with Crippen molar-refractivity contribution in [1.29, 1.82) is 0 Å². The SMILES string of the molecule is CCCc1ccc(/C(C)=N/NC(=O)c2cc(OC)c(OC)c(OC)c2)cc1. The van der Waals surface area contributed by atoms with Gasteiger partial charge in [0.15, 0.2) is 11.5 Å². The van der Waals surface area contributed by atoms with Gasteiger partial charge in [0.25, 0.3) is 5.91 Å². The first kappa shape index (κ1) is 20.3. The predicted octanol–water partition coefficient (Wildman–Crippen LogP) is 3.82. The molecule has 0 spiro atoms. The number of aryl methyl sites for hydroxylation is 1. The Morgan fingerprint density at radius 1 is 0.963 bits per heavy atom. The summed E-state index contributed by atoms with van der Waals surface area (Å²) >= 11 is 0. The highest BCUT2D eigenvalue weighted by Crippen LogP contribution is 2.38. The van der Waals surface area contributed by atoms with Gasteiger partial charge in [0.05, 0.1) is 27.0 Å². The van der Waals surface area contributed by atoms with Crippen LogP contribution in [0.2, 0.25) is 0 Å². The van der Waals surface area contributed by atoms with Gasteiger partial charge in [-0.3, -0.25) is 4.79 Å². The van der Waals surface area contributed by atoms with Crippen molar-refractivity contribution in [2.75, 3.05) is 21.3 Å². The maximum absolute atomic E-state index is 12.5. The minimum absolute atomic E-state index is 0.361. The van der Waals surface area contributed by atoms with Crippen LogP contribution >= 0.6 is 0 Å². The fourth-order valence-electron chi connectivity index (χ4n) is 2.68. The van der Waals surface area contributed by atoms with Gasteiger partial charge in [-0.2, -0.15) is 5.10 Å². The molecule has 0 bridgehead atoms. The van der Waals surface area contributed by atoms with Crippen molar-refractivity contribution in [1.82, 2.24) is 5.43 Å². The zero-order valence-electron chi connectivity index (χ0n) is 16.5. The van der Waals surface area contributed by atoms with Gasteiger partial charge < -0.3 is 14.2 Å². The molecule has 0 fully saturated rings. The number of methoxy groups -OCH3 is 3.